The maximum Gasteiger partial charge on any atom is 0.349 e. The van der Waals surface area contributed by atoms with Crippen LogP contribution in [0.5, 0.6) is 0 Å². The van der Waals surface area contributed by atoms with Crippen LogP contribution in [0.1, 0.15) is 0 Å². The van der Waals surface area contributed by atoms with E-state index in [1.807, 2.05) is 0 Å². The highest BCUT2D eigenvalue weighted by atomic mass is 16.4. The number of anilines is 1. The van der Waals surface area contributed by atoms with Gasteiger partial charge in [-0.3, -0.25) is 4.98 Å². The molecule has 23 heavy (non-hydrogen) atoms. The van der Waals surface area contributed by atoms with Gasteiger partial charge in [0.2, 0.25) is 5.89 Å². The van der Waals surface area contributed by atoms with Crippen LogP contribution in [0.15, 0.2) is 62.4 Å². The van der Waals surface area contributed by atoms with Crippen molar-refractivity contribution in [3.63, 3.8) is 0 Å². The van der Waals surface area contributed by atoms with E-state index in [2.05, 4.69) is 15.2 Å². The molecule has 4 rings (SSSR count). The molecule has 0 aliphatic carbocycles. The van der Waals surface area contributed by atoms with Gasteiger partial charge in [-0.05, 0) is 30.3 Å². The average Bonchev–Trinajstić information content (AvgIpc) is 3.05. The van der Waals surface area contributed by atoms with Crippen molar-refractivity contribution < 1.29 is 8.83 Å². The highest BCUT2D eigenvalue weighted by Crippen LogP contribution is 2.24. The molecule has 0 bridgehead atoms. The molecule has 0 aliphatic rings. The molecule has 1 aromatic carbocycles. The predicted molar refractivity (Wildman–Crippen MR) is 83.4 cm³/mol. The largest absolute Gasteiger partial charge is 0.422 e. The van der Waals surface area contributed by atoms with Crippen LogP contribution in [0.3, 0.4) is 0 Å². The van der Waals surface area contributed by atoms with E-state index in [9.17, 15) is 4.79 Å². The standard InChI is InChI=1S/C16H10N4O3/c17-11-2-1-10-7-12(16(21)22-13(10)8-11)15-20-19-14(23-15)9-3-5-18-6-4-9/h1-8H,17H2. The molecule has 4 aromatic rings. The van der Waals surface area contributed by atoms with E-state index < -0.39 is 5.63 Å². The monoisotopic (exact) mass is 306 g/mol. The first-order valence-corrected chi connectivity index (χ1v) is 6.78. The number of rotatable bonds is 2. The maximum atomic E-state index is 12.1. The first-order chi connectivity index (χ1) is 11.2. The van der Waals surface area contributed by atoms with Crippen LogP contribution in [0, 0.1) is 0 Å². The first-order valence-electron chi connectivity index (χ1n) is 6.78. The summed E-state index contributed by atoms with van der Waals surface area (Å²) in [4.78, 5) is 16.1. The number of nitrogens with zero attached hydrogens (tertiary/aromatic N) is 3. The fourth-order valence-electron chi connectivity index (χ4n) is 2.22. The molecule has 3 aromatic heterocycles. The predicted octanol–water partition coefficient (Wildman–Crippen LogP) is 2.49. The number of benzene rings is 1. The van der Waals surface area contributed by atoms with Crippen molar-refractivity contribution in [1.29, 1.82) is 0 Å². The van der Waals surface area contributed by atoms with E-state index in [-0.39, 0.29) is 11.5 Å². The summed E-state index contributed by atoms with van der Waals surface area (Å²) in [5.41, 5.74) is 6.97. The molecule has 0 saturated heterocycles. The quantitative estimate of drug-likeness (QED) is 0.447. The third kappa shape index (κ3) is 2.34. The second-order valence-electron chi connectivity index (χ2n) is 4.89. The molecule has 3 heterocycles. The van der Waals surface area contributed by atoms with Crippen molar-refractivity contribution in [2.45, 2.75) is 0 Å². The normalized spacial score (nSPS) is 11.0. The Morgan fingerprint density at radius 1 is 0.913 bits per heavy atom. The minimum absolute atomic E-state index is 0.101. The number of hydrogen-bond donors (Lipinski definition) is 1. The Kier molecular flexibility index (Phi) is 2.90. The van der Waals surface area contributed by atoms with Gasteiger partial charge in [-0.1, -0.05) is 0 Å². The Balaban J connectivity index is 1.83. The molecule has 7 heteroatoms. The maximum absolute atomic E-state index is 12.1. The van der Waals surface area contributed by atoms with Crippen molar-refractivity contribution in [3.05, 3.63) is 59.2 Å². The molecule has 0 spiro atoms. The molecule has 2 N–H and O–H groups in total. The summed E-state index contributed by atoms with van der Waals surface area (Å²) in [6.07, 6.45) is 3.24. The number of aromatic nitrogens is 3. The smallest absolute Gasteiger partial charge is 0.349 e. The summed E-state index contributed by atoms with van der Waals surface area (Å²) in [7, 11) is 0. The Bertz CT molecular complexity index is 1050. The minimum atomic E-state index is -0.562. The molecular formula is C16H10N4O3. The molecular weight excluding hydrogens is 296 g/mol. The van der Waals surface area contributed by atoms with E-state index in [0.717, 1.165) is 10.9 Å². The van der Waals surface area contributed by atoms with E-state index >= 15 is 0 Å². The fraction of sp³-hybridized carbons (Fsp3) is 0. The van der Waals surface area contributed by atoms with Gasteiger partial charge in [0.05, 0.1) is 0 Å². The van der Waals surface area contributed by atoms with E-state index in [1.165, 1.54) is 0 Å². The van der Waals surface area contributed by atoms with Gasteiger partial charge in [0.15, 0.2) is 0 Å². The van der Waals surface area contributed by atoms with Crippen LogP contribution in [0.4, 0.5) is 5.69 Å². The lowest BCUT2D eigenvalue weighted by atomic mass is 10.1. The van der Waals surface area contributed by atoms with Crippen molar-refractivity contribution in [1.82, 2.24) is 15.2 Å². The van der Waals surface area contributed by atoms with Crippen molar-refractivity contribution in [2.24, 2.45) is 0 Å². The van der Waals surface area contributed by atoms with Crippen LogP contribution in [-0.4, -0.2) is 15.2 Å². The molecule has 112 valence electrons. The van der Waals surface area contributed by atoms with Crippen LogP contribution >= 0.6 is 0 Å². The molecule has 0 fully saturated rings. The van der Waals surface area contributed by atoms with Crippen LogP contribution in [0.25, 0.3) is 33.9 Å². The minimum Gasteiger partial charge on any atom is -0.422 e. The molecule has 0 radical (unpaired) electrons. The van der Waals surface area contributed by atoms with Gasteiger partial charge < -0.3 is 14.6 Å². The van der Waals surface area contributed by atoms with Crippen molar-refractivity contribution in [2.75, 3.05) is 5.73 Å². The number of fused-ring (bicyclic) bond motifs is 1. The summed E-state index contributed by atoms with van der Waals surface area (Å²) in [5.74, 6) is 0.406. The van der Waals surface area contributed by atoms with Gasteiger partial charge in [0.1, 0.15) is 11.1 Å². The van der Waals surface area contributed by atoms with Crippen LogP contribution < -0.4 is 11.4 Å². The highest BCUT2D eigenvalue weighted by Gasteiger charge is 2.15. The molecule has 0 saturated carbocycles. The SMILES string of the molecule is Nc1ccc2cc(-c3nnc(-c4ccncc4)o3)c(=O)oc2c1. The zero-order valence-electron chi connectivity index (χ0n) is 11.8. The van der Waals surface area contributed by atoms with E-state index in [0.29, 0.717) is 17.2 Å². The third-order valence-corrected chi connectivity index (χ3v) is 3.34. The summed E-state index contributed by atoms with van der Waals surface area (Å²) in [6.45, 7) is 0. The lowest BCUT2D eigenvalue weighted by molar-refractivity contribution is 0.547. The molecule has 0 atom stereocenters. The zero-order valence-corrected chi connectivity index (χ0v) is 11.8. The first kappa shape index (κ1) is 13.2. The van der Waals surface area contributed by atoms with Gasteiger partial charge in [-0.2, -0.15) is 0 Å². The van der Waals surface area contributed by atoms with Gasteiger partial charge in [0.25, 0.3) is 5.89 Å². The van der Waals surface area contributed by atoms with Gasteiger partial charge >= 0.3 is 5.63 Å². The van der Waals surface area contributed by atoms with Crippen LogP contribution in [0.2, 0.25) is 0 Å². The number of nitrogens with two attached hydrogens (primary N) is 1. The molecule has 7 nitrogen and oxygen atoms in total. The fourth-order valence-corrected chi connectivity index (χ4v) is 2.22. The van der Waals surface area contributed by atoms with E-state index in [1.54, 1.807) is 48.8 Å². The summed E-state index contributed by atoms with van der Waals surface area (Å²) in [5, 5.41) is 8.60. The van der Waals surface area contributed by atoms with Crippen LogP contribution in [-0.2, 0) is 0 Å². The highest BCUT2D eigenvalue weighted by molar-refractivity contribution is 5.82. The molecule has 0 unspecified atom stereocenters. The topological polar surface area (TPSA) is 108 Å². The van der Waals surface area contributed by atoms with Crippen molar-refractivity contribution >= 4 is 16.7 Å². The second kappa shape index (κ2) is 5.06. The Hall–Kier alpha value is -3.48. The Labute approximate surface area is 129 Å². The molecule has 0 amide bonds. The lowest BCUT2D eigenvalue weighted by Crippen LogP contribution is -2.03. The lowest BCUT2D eigenvalue weighted by Gasteiger charge is -1.99. The van der Waals surface area contributed by atoms with Gasteiger partial charge in [-0.15, -0.1) is 10.2 Å². The summed E-state index contributed by atoms with van der Waals surface area (Å²) >= 11 is 0. The van der Waals surface area contributed by atoms with Gasteiger partial charge in [-0.25, -0.2) is 4.79 Å². The Morgan fingerprint density at radius 2 is 1.70 bits per heavy atom. The summed E-state index contributed by atoms with van der Waals surface area (Å²) < 4.78 is 10.8. The third-order valence-electron chi connectivity index (χ3n) is 3.34. The summed E-state index contributed by atoms with van der Waals surface area (Å²) in [6, 6.07) is 10.2. The second-order valence-corrected chi connectivity index (χ2v) is 4.89. The molecule has 0 aliphatic heterocycles. The van der Waals surface area contributed by atoms with E-state index in [4.69, 9.17) is 14.6 Å². The average molecular weight is 306 g/mol. The number of hydrogen-bond acceptors (Lipinski definition) is 7. The number of nitrogen functional groups attached to an aromatic ring is 1. The van der Waals surface area contributed by atoms with Crippen molar-refractivity contribution in [3.8, 4) is 22.9 Å². The van der Waals surface area contributed by atoms with Gasteiger partial charge in [0, 0.05) is 35.1 Å². The zero-order chi connectivity index (χ0) is 15.8. The number of pyridine rings is 1. The Morgan fingerprint density at radius 3 is 2.52 bits per heavy atom.